The molecular formula is C37H46N4O8S. The van der Waals surface area contributed by atoms with Gasteiger partial charge in [0.2, 0.25) is 21.8 Å². The van der Waals surface area contributed by atoms with E-state index in [0.29, 0.717) is 37.2 Å². The Morgan fingerprint density at radius 1 is 0.920 bits per heavy atom. The average Bonchev–Trinajstić information content (AvgIpc) is 3.07. The number of ether oxygens (including phenoxy) is 1. The van der Waals surface area contributed by atoms with Crippen molar-refractivity contribution in [2.24, 2.45) is 11.3 Å². The van der Waals surface area contributed by atoms with Gasteiger partial charge in [0.05, 0.1) is 4.90 Å². The summed E-state index contributed by atoms with van der Waals surface area (Å²) in [5.74, 6) is -2.47. The Labute approximate surface area is 293 Å². The van der Waals surface area contributed by atoms with E-state index in [0.717, 1.165) is 15.4 Å². The number of carbonyl (C=O) groups is 4. The monoisotopic (exact) mass is 706 g/mol. The van der Waals surface area contributed by atoms with Crippen LogP contribution in [0.2, 0.25) is 0 Å². The van der Waals surface area contributed by atoms with Crippen LogP contribution in [-0.2, 0) is 42.2 Å². The Hall–Kier alpha value is -4.75. The quantitative estimate of drug-likeness (QED) is 0.241. The van der Waals surface area contributed by atoms with Crippen LogP contribution in [0.25, 0.3) is 0 Å². The largest absolute Gasteiger partial charge is 0.480 e. The highest BCUT2D eigenvalue weighted by atomic mass is 32.2. The molecule has 3 aromatic carbocycles. The van der Waals surface area contributed by atoms with Crippen LogP contribution in [0, 0.1) is 18.3 Å². The number of hydrogen-bond acceptors (Lipinski definition) is 7. The second-order valence-electron chi connectivity index (χ2n) is 13.7. The number of amides is 3. The van der Waals surface area contributed by atoms with E-state index in [1.165, 1.54) is 19.2 Å². The van der Waals surface area contributed by atoms with Crippen LogP contribution in [0.15, 0.2) is 83.8 Å². The molecule has 0 spiro atoms. The molecule has 1 fully saturated rings. The van der Waals surface area contributed by atoms with Crippen LogP contribution in [0.4, 0.5) is 10.5 Å². The first-order chi connectivity index (χ1) is 23.6. The Bertz CT molecular complexity index is 1750. The standard InChI is InChI=1S/C37H46N4O8S/c1-25-11-17-30(18-12-25)50(47,48)40(5)32(37(2,3)4)34(43)39-31(35(44)45)23-26-13-15-29(16-14-26)38-33(42)28-19-21-41(22-20-28)36(46)49-24-27-9-7-6-8-10-27/h6-18,28,31-32H,19-24H2,1-5H3,(H,38,42)(H,39,43)(H,44,45)/t31-,32+/m0/s1. The molecule has 0 bridgehead atoms. The third-order valence-corrected chi connectivity index (χ3v) is 10.6. The van der Waals surface area contributed by atoms with Gasteiger partial charge in [-0.15, -0.1) is 0 Å². The molecule has 0 unspecified atom stereocenters. The maximum absolute atomic E-state index is 13.6. The van der Waals surface area contributed by atoms with Crippen molar-refractivity contribution in [3.05, 3.63) is 95.6 Å². The van der Waals surface area contributed by atoms with Gasteiger partial charge in [-0.1, -0.05) is 80.9 Å². The fraction of sp³-hybridized carbons (Fsp3) is 0.405. The van der Waals surface area contributed by atoms with Crippen molar-refractivity contribution in [3.8, 4) is 0 Å². The lowest BCUT2D eigenvalue weighted by Gasteiger charge is -2.36. The molecule has 3 amide bonds. The van der Waals surface area contributed by atoms with Crippen LogP contribution in [0.1, 0.15) is 50.3 Å². The van der Waals surface area contributed by atoms with Crippen molar-refractivity contribution in [3.63, 3.8) is 0 Å². The van der Waals surface area contributed by atoms with Gasteiger partial charge in [-0.2, -0.15) is 4.31 Å². The molecule has 4 rings (SSSR count). The lowest BCUT2D eigenvalue weighted by atomic mass is 9.86. The van der Waals surface area contributed by atoms with Crippen LogP contribution in [0.5, 0.6) is 0 Å². The lowest BCUT2D eigenvalue weighted by Crippen LogP contribution is -2.57. The molecule has 1 aliphatic rings. The molecule has 1 aliphatic heterocycles. The maximum atomic E-state index is 13.6. The number of likely N-dealkylation sites (tertiary alicyclic amines) is 1. The maximum Gasteiger partial charge on any atom is 0.410 e. The molecule has 3 N–H and O–H groups in total. The second-order valence-corrected chi connectivity index (χ2v) is 15.7. The van der Waals surface area contributed by atoms with Crippen molar-refractivity contribution >= 4 is 39.6 Å². The SMILES string of the molecule is Cc1ccc(S(=O)(=O)N(C)[C@H](C(=O)N[C@@H](Cc2ccc(NC(=O)C3CCN(C(=O)OCc4ccccc4)CC3)cc2)C(=O)O)C(C)(C)C)cc1. The molecular weight excluding hydrogens is 660 g/mol. The predicted molar refractivity (Wildman–Crippen MR) is 189 cm³/mol. The van der Waals surface area contributed by atoms with Crippen LogP contribution < -0.4 is 10.6 Å². The van der Waals surface area contributed by atoms with Crippen molar-refractivity contribution < 1.29 is 37.4 Å². The number of carbonyl (C=O) groups excluding carboxylic acids is 3. The third kappa shape index (κ3) is 9.91. The van der Waals surface area contributed by atoms with Crippen molar-refractivity contribution in [2.45, 2.75) is 70.5 Å². The van der Waals surface area contributed by atoms with Gasteiger partial charge >= 0.3 is 12.1 Å². The van der Waals surface area contributed by atoms with Gasteiger partial charge in [-0.25, -0.2) is 18.0 Å². The highest BCUT2D eigenvalue weighted by Crippen LogP contribution is 2.29. The van der Waals surface area contributed by atoms with Crippen LogP contribution in [-0.4, -0.2) is 78.8 Å². The summed E-state index contributed by atoms with van der Waals surface area (Å²) in [4.78, 5) is 52.9. The molecule has 1 saturated heterocycles. The number of sulfonamides is 1. The van der Waals surface area contributed by atoms with E-state index in [1.807, 2.05) is 37.3 Å². The van der Waals surface area contributed by atoms with Crippen LogP contribution in [0.3, 0.4) is 0 Å². The number of anilines is 1. The van der Waals surface area contributed by atoms with E-state index < -0.39 is 45.5 Å². The summed E-state index contributed by atoms with van der Waals surface area (Å²) in [7, 11) is -2.75. The minimum Gasteiger partial charge on any atom is -0.480 e. The minimum atomic E-state index is -4.07. The first-order valence-electron chi connectivity index (χ1n) is 16.5. The number of nitrogens with zero attached hydrogens (tertiary/aromatic N) is 2. The van der Waals surface area contributed by atoms with Crippen molar-refractivity contribution in [2.75, 3.05) is 25.5 Å². The zero-order chi connectivity index (χ0) is 36.6. The van der Waals surface area contributed by atoms with E-state index in [2.05, 4.69) is 10.6 Å². The zero-order valence-corrected chi connectivity index (χ0v) is 29.9. The molecule has 50 heavy (non-hydrogen) atoms. The number of carboxylic acids is 1. The second kappa shape index (κ2) is 16.3. The molecule has 1 heterocycles. The number of rotatable bonds is 12. The van der Waals surface area contributed by atoms with Gasteiger partial charge in [-0.05, 0) is 60.6 Å². The van der Waals surface area contributed by atoms with Crippen molar-refractivity contribution in [1.82, 2.24) is 14.5 Å². The normalized spacial score (nSPS) is 15.2. The molecule has 0 aromatic heterocycles. The fourth-order valence-corrected chi connectivity index (χ4v) is 7.41. The number of carboxylic acid groups (broad SMARTS) is 1. The van der Waals surface area contributed by atoms with Gasteiger partial charge in [0, 0.05) is 38.2 Å². The molecule has 0 radical (unpaired) electrons. The number of piperidine rings is 1. The Balaban J connectivity index is 1.32. The van der Waals surface area contributed by atoms with Crippen LogP contribution >= 0.6 is 0 Å². The van der Waals surface area contributed by atoms with Crippen molar-refractivity contribution in [1.29, 1.82) is 0 Å². The van der Waals surface area contributed by atoms with E-state index in [1.54, 1.807) is 62.1 Å². The fourth-order valence-electron chi connectivity index (χ4n) is 5.91. The first kappa shape index (κ1) is 38.1. The molecule has 3 aromatic rings. The van der Waals surface area contributed by atoms with E-state index >= 15 is 0 Å². The molecule has 13 heteroatoms. The number of aliphatic carboxylic acids is 1. The molecule has 0 saturated carbocycles. The van der Waals surface area contributed by atoms with Gasteiger partial charge in [-0.3, -0.25) is 9.59 Å². The lowest BCUT2D eigenvalue weighted by molar-refractivity contribution is -0.143. The topological polar surface area (TPSA) is 162 Å². The number of aryl methyl sites for hydroxylation is 1. The third-order valence-electron chi connectivity index (χ3n) is 8.74. The summed E-state index contributed by atoms with van der Waals surface area (Å²) in [6.45, 7) is 7.96. The summed E-state index contributed by atoms with van der Waals surface area (Å²) in [6.07, 6.45) is 0.495. The highest BCUT2D eigenvalue weighted by Gasteiger charge is 2.42. The molecule has 0 aliphatic carbocycles. The van der Waals surface area contributed by atoms with Gasteiger partial charge in [0.25, 0.3) is 0 Å². The van der Waals surface area contributed by atoms with E-state index in [-0.39, 0.29) is 29.7 Å². The smallest absolute Gasteiger partial charge is 0.410 e. The minimum absolute atomic E-state index is 0.0271. The number of nitrogens with one attached hydrogen (secondary N) is 2. The number of likely N-dealkylation sites (N-methyl/N-ethyl adjacent to an activating group) is 1. The summed E-state index contributed by atoms with van der Waals surface area (Å²) in [5.41, 5.74) is 2.02. The van der Waals surface area contributed by atoms with Gasteiger partial charge in [0.15, 0.2) is 0 Å². The Morgan fingerprint density at radius 2 is 1.52 bits per heavy atom. The predicted octanol–water partition coefficient (Wildman–Crippen LogP) is 4.83. The Morgan fingerprint density at radius 3 is 2.08 bits per heavy atom. The summed E-state index contributed by atoms with van der Waals surface area (Å²) < 4.78 is 33.3. The highest BCUT2D eigenvalue weighted by molar-refractivity contribution is 7.89. The average molecular weight is 707 g/mol. The summed E-state index contributed by atoms with van der Waals surface area (Å²) >= 11 is 0. The summed E-state index contributed by atoms with van der Waals surface area (Å²) in [6, 6.07) is 19.8. The summed E-state index contributed by atoms with van der Waals surface area (Å²) in [5, 5.41) is 15.4. The first-order valence-corrected chi connectivity index (χ1v) is 17.9. The Kier molecular flexibility index (Phi) is 12.4. The molecule has 12 nitrogen and oxygen atoms in total. The van der Waals surface area contributed by atoms with Gasteiger partial charge < -0.3 is 25.4 Å². The van der Waals surface area contributed by atoms with E-state index in [9.17, 15) is 32.7 Å². The number of benzene rings is 3. The van der Waals surface area contributed by atoms with Gasteiger partial charge in [0.1, 0.15) is 18.7 Å². The zero-order valence-electron chi connectivity index (χ0n) is 29.1. The van der Waals surface area contributed by atoms with E-state index in [4.69, 9.17) is 4.74 Å². The number of hydrogen-bond donors (Lipinski definition) is 3. The molecule has 2 atom stereocenters. The molecule has 268 valence electrons.